The van der Waals surface area contributed by atoms with E-state index in [1.54, 1.807) is 13.0 Å². The van der Waals surface area contributed by atoms with Gasteiger partial charge < -0.3 is 10.4 Å². The molecule has 90 valence electrons. The van der Waals surface area contributed by atoms with Crippen molar-refractivity contribution >= 4 is 17.6 Å². The molecule has 0 unspecified atom stereocenters. The minimum absolute atomic E-state index is 0.103. The highest BCUT2D eigenvalue weighted by molar-refractivity contribution is 5.98. The summed E-state index contributed by atoms with van der Waals surface area (Å²) in [4.78, 5) is 22.2. The maximum absolute atomic E-state index is 13.3. The number of amides is 1. The summed E-state index contributed by atoms with van der Waals surface area (Å²) in [5.74, 6) is -3.08. The van der Waals surface area contributed by atoms with Gasteiger partial charge in [-0.25, -0.2) is 4.39 Å². The average Bonchev–Trinajstić information content (AvgIpc) is 3.03. The Bertz CT molecular complexity index is 487. The number of rotatable bonds is 3. The predicted molar refractivity (Wildman–Crippen MR) is 59.0 cm³/mol. The maximum atomic E-state index is 13.3. The van der Waals surface area contributed by atoms with E-state index in [9.17, 15) is 14.0 Å². The van der Waals surface area contributed by atoms with E-state index in [1.807, 2.05) is 0 Å². The van der Waals surface area contributed by atoms with Crippen LogP contribution in [0.25, 0.3) is 0 Å². The first kappa shape index (κ1) is 11.6. The molecule has 4 nitrogen and oxygen atoms in total. The first-order valence-electron chi connectivity index (χ1n) is 5.29. The van der Waals surface area contributed by atoms with E-state index < -0.39 is 29.5 Å². The monoisotopic (exact) mass is 237 g/mol. The number of carbonyl (C=O) groups excluding carboxylic acids is 1. The lowest BCUT2D eigenvalue weighted by Gasteiger charge is -2.06. The summed E-state index contributed by atoms with van der Waals surface area (Å²) in [6, 6.07) is 4.39. The molecule has 1 aliphatic carbocycles. The van der Waals surface area contributed by atoms with Gasteiger partial charge in [-0.2, -0.15) is 0 Å². The van der Waals surface area contributed by atoms with E-state index in [4.69, 9.17) is 5.11 Å². The zero-order chi connectivity index (χ0) is 12.6. The van der Waals surface area contributed by atoms with Crippen molar-refractivity contribution in [3.8, 4) is 0 Å². The van der Waals surface area contributed by atoms with E-state index >= 15 is 0 Å². The summed E-state index contributed by atoms with van der Waals surface area (Å²) in [6.45, 7) is 1.78. The van der Waals surface area contributed by atoms with Crippen molar-refractivity contribution in [2.45, 2.75) is 13.3 Å². The molecular formula is C12H12FNO3. The smallest absolute Gasteiger partial charge is 0.307 e. The number of carbonyl (C=O) groups is 2. The number of carboxylic acids is 1. The van der Waals surface area contributed by atoms with Gasteiger partial charge in [-0.3, -0.25) is 9.59 Å². The van der Waals surface area contributed by atoms with Gasteiger partial charge in [-0.05, 0) is 31.0 Å². The van der Waals surface area contributed by atoms with Crippen molar-refractivity contribution in [1.29, 1.82) is 0 Å². The van der Waals surface area contributed by atoms with Gasteiger partial charge in [0.15, 0.2) is 0 Å². The highest BCUT2D eigenvalue weighted by Crippen LogP contribution is 2.39. The first-order chi connectivity index (χ1) is 7.99. The second-order valence-corrected chi connectivity index (χ2v) is 4.26. The van der Waals surface area contributed by atoms with Crippen LogP contribution in [-0.2, 0) is 9.59 Å². The minimum atomic E-state index is -0.977. The van der Waals surface area contributed by atoms with Gasteiger partial charge in [-0.1, -0.05) is 6.07 Å². The molecule has 0 aliphatic heterocycles. The van der Waals surface area contributed by atoms with Gasteiger partial charge in [0.1, 0.15) is 5.82 Å². The molecule has 1 amide bonds. The van der Waals surface area contributed by atoms with Gasteiger partial charge in [0.25, 0.3) is 0 Å². The molecule has 2 N–H and O–H groups in total. The molecule has 0 saturated heterocycles. The molecule has 0 aromatic heterocycles. The molecule has 1 aromatic rings. The number of anilines is 1. The van der Waals surface area contributed by atoms with Crippen molar-refractivity contribution in [3.63, 3.8) is 0 Å². The lowest BCUT2D eigenvalue weighted by Crippen LogP contribution is -2.17. The summed E-state index contributed by atoms with van der Waals surface area (Å²) >= 11 is 0. The Balaban J connectivity index is 2.04. The van der Waals surface area contributed by atoms with Crippen LogP contribution < -0.4 is 5.32 Å². The van der Waals surface area contributed by atoms with E-state index in [1.165, 1.54) is 12.1 Å². The molecule has 5 heteroatoms. The second-order valence-electron chi connectivity index (χ2n) is 4.26. The molecular weight excluding hydrogens is 225 g/mol. The second kappa shape index (κ2) is 4.16. The predicted octanol–water partition coefficient (Wildman–Crippen LogP) is 1.79. The van der Waals surface area contributed by atoms with Crippen LogP contribution in [-0.4, -0.2) is 17.0 Å². The number of hydrogen-bond acceptors (Lipinski definition) is 2. The zero-order valence-electron chi connectivity index (χ0n) is 9.24. The molecule has 1 aliphatic rings. The number of benzene rings is 1. The molecule has 0 heterocycles. The third kappa shape index (κ3) is 2.43. The number of nitrogens with one attached hydrogen (secondary N) is 1. The summed E-state index contributed by atoms with van der Waals surface area (Å²) in [5.41, 5.74) is 0.929. The van der Waals surface area contributed by atoms with Crippen molar-refractivity contribution < 1.29 is 19.1 Å². The fourth-order valence-corrected chi connectivity index (χ4v) is 1.72. The van der Waals surface area contributed by atoms with Crippen molar-refractivity contribution in [2.24, 2.45) is 11.8 Å². The van der Waals surface area contributed by atoms with Gasteiger partial charge in [0.05, 0.1) is 17.5 Å². The van der Waals surface area contributed by atoms with Gasteiger partial charge >= 0.3 is 5.97 Å². The lowest BCUT2D eigenvalue weighted by molar-refractivity contribution is -0.139. The van der Waals surface area contributed by atoms with Crippen LogP contribution in [0.5, 0.6) is 0 Å². The van der Waals surface area contributed by atoms with Crippen LogP contribution in [0.1, 0.15) is 12.0 Å². The molecule has 1 aromatic carbocycles. The van der Waals surface area contributed by atoms with E-state index in [0.717, 1.165) is 5.56 Å². The molecule has 0 radical (unpaired) electrons. The van der Waals surface area contributed by atoms with Crippen LogP contribution in [0.4, 0.5) is 10.1 Å². The Morgan fingerprint density at radius 1 is 1.41 bits per heavy atom. The largest absolute Gasteiger partial charge is 0.481 e. The van der Waals surface area contributed by atoms with Crippen LogP contribution >= 0.6 is 0 Å². The maximum Gasteiger partial charge on any atom is 0.307 e. The molecule has 0 bridgehead atoms. The topological polar surface area (TPSA) is 66.4 Å². The van der Waals surface area contributed by atoms with Crippen LogP contribution in [0.15, 0.2) is 18.2 Å². The van der Waals surface area contributed by atoms with E-state index in [0.29, 0.717) is 6.42 Å². The number of carboxylic acid groups (broad SMARTS) is 1. The normalized spacial score (nSPS) is 22.0. The Kier molecular flexibility index (Phi) is 2.83. The van der Waals surface area contributed by atoms with E-state index in [2.05, 4.69) is 5.32 Å². The number of halogens is 1. The average molecular weight is 237 g/mol. The Morgan fingerprint density at radius 2 is 2.12 bits per heavy atom. The number of aryl methyl sites for hydroxylation is 1. The summed E-state index contributed by atoms with van der Waals surface area (Å²) < 4.78 is 13.3. The molecule has 2 rings (SSSR count). The molecule has 17 heavy (non-hydrogen) atoms. The fourth-order valence-electron chi connectivity index (χ4n) is 1.72. The summed E-state index contributed by atoms with van der Waals surface area (Å²) in [7, 11) is 0. The Morgan fingerprint density at radius 3 is 2.71 bits per heavy atom. The van der Waals surface area contributed by atoms with E-state index in [-0.39, 0.29) is 5.69 Å². The third-order valence-electron chi connectivity index (χ3n) is 2.82. The van der Waals surface area contributed by atoms with Crippen molar-refractivity contribution in [2.75, 3.05) is 5.32 Å². The third-order valence-corrected chi connectivity index (χ3v) is 2.82. The van der Waals surface area contributed by atoms with Crippen molar-refractivity contribution in [3.05, 3.63) is 29.6 Å². The van der Waals surface area contributed by atoms with Gasteiger partial charge in [-0.15, -0.1) is 0 Å². The summed E-state index contributed by atoms with van der Waals surface area (Å²) in [6.07, 6.45) is 0.328. The standard InChI is InChI=1S/C12H12FNO3/c1-6-2-3-9(13)10(4-6)14-11(15)7-5-8(7)12(16)17/h2-4,7-8H,5H2,1H3,(H,14,15)(H,16,17)/t7-,8-/m0/s1. The number of aliphatic carboxylic acids is 1. The Hall–Kier alpha value is -1.91. The SMILES string of the molecule is Cc1ccc(F)c(NC(=O)[C@H]2C[C@@H]2C(=O)O)c1. The van der Waals surface area contributed by atoms with Crippen molar-refractivity contribution in [1.82, 2.24) is 0 Å². The summed E-state index contributed by atoms with van der Waals surface area (Å²) in [5, 5.41) is 11.1. The van der Waals surface area contributed by atoms with Crippen LogP contribution in [0.2, 0.25) is 0 Å². The highest BCUT2D eigenvalue weighted by Gasteiger charge is 2.48. The number of hydrogen-bond donors (Lipinski definition) is 2. The fraction of sp³-hybridized carbons (Fsp3) is 0.333. The molecule has 0 spiro atoms. The quantitative estimate of drug-likeness (QED) is 0.842. The highest BCUT2D eigenvalue weighted by atomic mass is 19.1. The Labute approximate surface area is 97.4 Å². The lowest BCUT2D eigenvalue weighted by atomic mass is 10.2. The van der Waals surface area contributed by atoms with Crippen LogP contribution in [0.3, 0.4) is 0 Å². The minimum Gasteiger partial charge on any atom is -0.481 e. The molecule has 2 atom stereocenters. The van der Waals surface area contributed by atoms with Crippen LogP contribution in [0, 0.1) is 24.6 Å². The molecule has 1 fully saturated rings. The van der Waals surface area contributed by atoms with Gasteiger partial charge in [0.2, 0.25) is 5.91 Å². The molecule has 1 saturated carbocycles. The first-order valence-corrected chi connectivity index (χ1v) is 5.29. The zero-order valence-corrected chi connectivity index (χ0v) is 9.24. The van der Waals surface area contributed by atoms with Gasteiger partial charge in [0, 0.05) is 0 Å².